The standard InChI is InChI=1S/C63H44N2/c1-42-26-31-52-53-32-27-43(41-64)37-59(53)63(58(52)36-42)57-25-15-14-24-51(57)54-33-30-50(40-60(54)63)65(61-34-28-48(44-16-6-2-7-17-44)38-55(61)46-20-10-4-11-21-46)62-35-29-49(45-18-8-3-9-19-45)39-56(62)47-22-12-5-13-23-47/h2-4,6-12,14-40H,5,13H2,1H3. The molecule has 2 nitrogen and oxygen atoms in total. The second kappa shape index (κ2) is 15.5. The molecule has 0 saturated carbocycles. The van der Waals surface area contributed by atoms with E-state index in [4.69, 9.17) is 0 Å². The van der Waals surface area contributed by atoms with Gasteiger partial charge in [0.1, 0.15) is 0 Å². The van der Waals surface area contributed by atoms with E-state index in [-0.39, 0.29) is 0 Å². The summed E-state index contributed by atoms with van der Waals surface area (Å²) in [6, 6.07) is 78.0. The molecule has 3 aliphatic rings. The predicted octanol–water partition coefficient (Wildman–Crippen LogP) is 16.4. The van der Waals surface area contributed by atoms with E-state index >= 15 is 0 Å². The molecule has 12 rings (SSSR count). The summed E-state index contributed by atoms with van der Waals surface area (Å²) in [7, 11) is 0. The van der Waals surface area contributed by atoms with Crippen molar-refractivity contribution < 1.29 is 0 Å². The van der Waals surface area contributed by atoms with Gasteiger partial charge in [-0.05, 0) is 146 Å². The van der Waals surface area contributed by atoms with E-state index in [9.17, 15) is 5.26 Å². The highest BCUT2D eigenvalue weighted by Gasteiger charge is 2.52. The third kappa shape index (κ3) is 6.16. The summed E-state index contributed by atoms with van der Waals surface area (Å²) in [5.74, 6) is 0. The highest BCUT2D eigenvalue weighted by molar-refractivity contribution is 6.00. The number of rotatable bonds is 7. The van der Waals surface area contributed by atoms with Crippen LogP contribution in [0.4, 0.5) is 17.1 Å². The summed E-state index contributed by atoms with van der Waals surface area (Å²) in [6.45, 7) is 2.19. The van der Waals surface area contributed by atoms with Crippen LogP contribution in [0.15, 0.2) is 224 Å². The van der Waals surface area contributed by atoms with E-state index in [0.29, 0.717) is 5.56 Å². The molecule has 306 valence electrons. The molecule has 0 amide bonds. The largest absolute Gasteiger partial charge is 0.309 e. The second-order valence-electron chi connectivity index (χ2n) is 17.5. The number of hydrogen-bond donors (Lipinski definition) is 0. The fourth-order valence-electron chi connectivity index (χ4n) is 10.9. The summed E-state index contributed by atoms with van der Waals surface area (Å²) in [6.07, 6.45) is 9.04. The van der Waals surface area contributed by atoms with Gasteiger partial charge in [-0.15, -0.1) is 0 Å². The van der Waals surface area contributed by atoms with Crippen molar-refractivity contribution in [2.45, 2.75) is 25.2 Å². The van der Waals surface area contributed by atoms with Gasteiger partial charge in [0.2, 0.25) is 0 Å². The first-order valence-electron chi connectivity index (χ1n) is 22.6. The average Bonchev–Trinajstić information content (AvgIpc) is 3.83. The first-order chi connectivity index (χ1) is 32.1. The Morgan fingerprint density at radius 3 is 1.65 bits per heavy atom. The minimum absolute atomic E-state index is 0.634. The normalized spacial score (nSPS) is 15.1. The van der Waals surface area contributed by atoms with Crippen molar-refractivity contribution >= 4 is 22.6 Å². The van der Waals surface area contributed by atoms with E-state index < -0.39 is 5.41 Å². The zero-order chi connectivity index (χ0) is 43.5. The van der Waals surface area contributed by atoms with Gasteiger partial charge in [0.25, 0.3) is 0 Å². The van der Waals surface area contributed by atoms with E-state index in [1.165, 1.54) is 72.3 Å². The molecule has 0 bridgehead atoms. The maximum Gasteiger partial charge on any atom is 0.0991 e. The lowest BCUT2D eigenvalue weighted by atomic mass is 9.70. The number of hydrogen-bond acceptors (Lipinski definition) is 2. The molecule has 9 aromatic rings. The van der Waals surface area contributed by atoms with Crippen molar-refractivity contribution in [2.24, 2.45) is 0 Å². The van der Waals surface area contributed by atoms with E-state index in [0.717, 1.165) is 52.2 Å². The summed E-state index contributed by atoms with van der Waals surface area (Å²) in [5.41, 5.74) is 23.6. The third-order valence-corrected chi connectivity index (χ3v) is 13.8. The smallest absolute Gasteiger partial charge is 0.0991 e. The fraction of sp³-hybridized carbons (Fsp3) is 0.0635. The summed E-state index contributed by atoms with van der Waals surface area (Å²) in [4.78, 5) is 2.51. The molecule has 1 atom stereocenters. The maximum absolute atomic E-state index is 10.4. The number of benzene rings is 9. The monoisotopic (exact) mass is 828 g/mol. The Labute approximate surface area is 381 Å². The number of anilines is 3. The Morgan fingerprint density at radius 1 is 0.431 bits per heavy atom. The molecule has 0 heterocycles. The molecule has 3 aliphatic carbocycles. The van der Waals surface area contributed by atoms with E-state index in [2.05, 4.69) is 236 Å². The first-order valence-corrected chi connectivity index (χ1v) is 22.6. The van der Waals surface area contributed by atoms with Crippen LogP contribution in [0, 0.1) is 18.3 Å². The van der Waals surface area contributed by atoms with Crippen LogP contribution in [0.1, 0.15) is 51.8 Å². The lowest BCUT2D eigenvalue weighted by Gasteiger charge is -2.34. The van der Waals surface area contributed by atoms with Crippen molar-refractivity contribution in [3.05, 3.63) is 263 Å². The molecular weight excluding hydrogens is 785 g/mol. The molecule has 0 aromatic heterocycles. The van der Waals surface area contributed by atoms with Crippen LogP contribution in [0.2, 0.25) is 0 Å². The summed E-state index contributed by atoms with van der Waals surface area (Å²) >= 11 is 0. The first kappa shape index (κ1) is 38.4. The summed E-state index contributed by atoms with van der Waals surface area (Å²) < 4.78 is 0. The SMILES string of the molecule is Cc1ccc2c(c1)C1(c3ccccc3-c3ccc(N(c4ccc(-c5ccccc5)cc4C4=CCCC=C4)c4ccc(-c5ccccc5)cc4-c4ccccc4)cc31)c1cc(C#N)ccc1-2. The molecule has 9 aromatic carbocycles. The molecule has 0 fully saturated rings. The fourth-order valence-corrected chi connectivity index (χ4v) is 10.9. The molecule has 0 saturated heterocycles. The molecule has 1 spiro atoms. The molecule has 0 aliphatic heterocycles. The highest BCUT2D eigenvalue weighted by Crippen LogP contribution is 2.64. The zero-order valence-electron chi connectivity index (χ0n) is 36.2. The minimum Gasteiger partial charge on any atom is -0.309 e. The second-order valence-corrected chi connectivity index (χ2v) is 17.5. The number of aryl methyl sites for hydroxylation is 1. The topological polar surface area (TPSA) is 27.0 Å². The Balaban J connectivity index is 1.18. The number of fused-ring (bicyclic) bond motifs is 10. The number of nitrogens with zero attached hydrogens (tertiary/aromatic N) is 2. The number of nitriles is 1. The summed E-state index contributed by atoms with van der Waals surface area (Å²) in [5, 5.41) is 10.4. The van der Waals surface area contributed by atoms with Gasteiger partial charge in [-0.2, -0.15) is 5.26 Å². The van der Waals surface area contributed by atoms with Crippen molar-refractivity contribution in [3.8, 4) is 61.7 Å². The minimum atomic E-state index is -0.634. The Morgan fingerprint density at radius 2 is 0.985 bits per heavy atom. The van der Waals surface area contributed by atoms with Crippen molar-refractivity contribution in [1.29, 1.82) is 5.26 Å². The highest BCUT2D eigenvalue weighted by atomic mass is 15.1. The Hall–Kier alpha value is -8.25. The lowest BCUT2D eigenvalue weighted by Crippen LogP contribution is -2.26. The van der Waals surface area contributed by atoms with Gasteiger partial charge >= 0.3 is 0 Å². The van der Waals surface area contributed by atoms with Crippen LogP contribution in [-0.2, 0) is 5.41 Å². The lowest BCUT2D eigenvalue weighted by molar-refractivity contribution is 0.792. The number of allylic oxidation sites excluding steroid dienone is 4. The van der Waals surface area contributed by atoms with Crippen LogP contribution >= 0.6 is 0 Å². The average molecular weight is 829 g/mol. The van der Waals surface area contributed by atoms with Crippen LogP contribution in [0.25, 0.3) is 61.2 Å². The van der Waals surface area contributed by atoms with Gasteiger partial charge in [0.05, 0.1) is 28.4 Å². The van der Waals surface area contributed by atoms with Crippen LogP contribution < -0.4 is 4.90 Å². The van der Waals surface area contributed by atoms with E-state index in [1.54, 1.807) is 0 Å². The molecular formula is C63H44N2. The molecule has 65 heavy (non-hydrogen) atoms. The quantitative estimate of drug-likeness (QED) is 0.160. The molecule has 0 radical (unpaired) electrons. The molecule has 1 unspecified atom stereocenters. The zero-order valence-corrected chi connectivity index (χ0v) is 36.2. The van der Waals surface area contributed by atoms with Gasteiger partial charge in [-0.3, -0.25) is 0 Å². The molecule has 0 N–H and O–H groups in total. The van der Waals surface area contributed by atoms with Gasteiger partial charge in [-0.25, -0.2) is 0 Å². The Kier molecular flexibility index (Phi) is 9.18. The van der Waals surface area contributed by atoms with Gasteiger partial charge in [-0.1, -0.05) is 182 Å². The van der Waals surface area contributed by atoms with Gasteiger partial charge in [0.15, 0.2) is 0 Å². The van der Waals surface area contributed by atoms with Crippen LogP contribution in [0.3, 0.4) is 0 Å². The third-order valence-electron chi connectivity index (χ3n) is 13.8. The van der Waals surface area contributed by atoms with Gasteiger partial charge in [0, 0.05) is 16.8 Å². The predicted molar refractivity (Wildman–Crippen MR) is 270 cm³/mol. The van der Waals surface area contributed by atoms with Crippen molar-refractivity contribution in [2.75, 3.05) is 4.90 Å². The van der Waals surface area contributed by atoms with Gasteiger partial charge < -0.3 is 4.90 Å². The molecule has 2 heteroatoms. The van der Waals surface area contributed by atoms with E-state index in [1.807, 2.05) is 6.07 Å². The van der Waals surface area contributed by atoms with Crippen molar-refractivity contribution in [3.63, 3.8) is 0 Å². The van der Waals surface area contributed by atoms with Crippen LogP contribution in [0.5, 0.6) is 0 Å². The maximum atomic E-state index is 10.4. The van der Waals surface area contributed by atoms with Crippen LogP contribution in [-0.4, -0.2) is 0 Å². The Bertz CT molecular complexity index is 3440. The van der Waals surface area contributed by atoms with Crippen molar-refractivity contribution in [1.82, 2.24) is 0 Å².